The number of hydrogen-bond donors (Lipinski definition) is 2. The van der Waals surface area contributed by atoms with Crippen molar-refractivity contribution in [3.63, 3.8) is 0 Å². The van der Waals surface area contributed by atoms with E-state index >= 15 is 0 Å². The van der Waals surface area contributed by atoms with Crippen LogP contribution in [0, 0.1) is 0 Å². The summed E-state index contributed by atoms with van der Waals surface area (Å²) < 4.78 is 1.97. The molecule has 22 heavy (non-hydrogen) atoms. The molecule has 5 heteroatoms. The zero-order chi connectivity index (χ0) is 15.5. The van der Waals surface area contributed by atoms with E-state index in [2.05, 4.69) is 10.3 Å². The molecule has 3 aromatic rings. The highest BCUT2D eigenvalue weighted by Gasteiger charge is 2.16. The van der Waals surface area contributed by atoms with Crippen molar-refractivity contribution in [3.8, 4) is 0 Å². The first kappa shape index (κ1) is 14.3. The van der Waals surface area contributed by atoms with Gasteiger partial charge in [0.25, 0.3) is 5.91 Å². The summed E-state index contributed by atoms with van der Waals surface area (Å²) in [5.41, 5.74) is 2.19. The Morgan fingerprint density at radius 3 is 2.82 bits per heavy atom. The molecule has 0 spiro atoms. The van der Waals surface area contributed by atoms with Crippen molar-refractivity contribution in [2.45, 2.75) is 6.10 Å². The number of nitrogens with zero attached hydrogens (tertiary/aromatic N) is 2. The number of aliphatic hydroxyl groups is 1. The van der Waals surface area contributed by atoms with E-state index in [1.54, 1.807) is 24.4 Å². The minimum absolute atomic E-state index is 0.142. The number of para-hydroxylation sites is 1. The maximum Gasteiger partial charge on any atom is 0.269 e. The molecule has 0 saturated heterocycles. The molecule has 1 atom stereocenters. The standard InChI is InChI=1S/C17H17N3O2/c1-20-11-13(12-6-2-3-8-15(12)20)16(21)10-19-17(22)14-7-4-5-9-18-14/h2-9,11,16,21H,10H2,1H3,(H,19,22). The van der Waals surface area contributed by atoms with E-state index in [0.717, 1.165) is 16.5 Å². The van der Waals surface area contributed by atoms with Crippen molar-refractivity contribution in [1.29, 1.82) is 0 Å². The van der Waals surface area contributed by atoms with Gasteiger partial charge in [0.05, 0.1) is 6.10 Å². The van der Waals surface area contributed by atoms with Crippen LogP contribution in [0.3, 0.4) is 0 Å². The van der Waals surface area contributed by atoms with Crippen LogP contribution in [0.15, 0.2) is 54.9 Å². The van der Waals surface area contributed by atoms with Crippen molar-refractivity contribution in [2.24, 2.45) is 7.05 Å². The second kappa shape index (κ2) is 5.99. The molecule has 5 nitrogen and oxygen atoms in total. The van der Waals surface area contributed by atoms with Gasteiger partial charge in [-0.1, -0.05) is 24.3 Å². The highest BCUT2D eigenvalue weighted by atomic mass is 16.3. The summed E-state index contributed by atoms with van der Waals surface area (Å²) in [6.45, 7) is 0.142. The van der Waals surface area contributed by atoms with Crippen LogP contribution in [-0.2, 0) is 7.05 Å². The van der Waals surface area contributed by atoms with Crippen LogP contribution in [0.5, 0.6) is 0 Å². The quantitative estimate of drug-likeness (QED) is 0.774. The Morgan fingerprint density at radius 1 is 1.27 bits per heavy atom. The van der Waals surface area contributed by atoms with E-state index in [1.807, 2.05) is 42.1 Å². The number of carbonyl (C=O) groups excluding carboxylic acids is 1. The molecule has 2 aromatic heterocycles. The van der Waals surface area contributed by atoms with Gasteiger partial charge in [-0.15, -0.1) is 0 Å². The Bertz CT molecular complexity index is 796. The zero-order valence-electron chi connectivity index (χ0n) is 12.2. The molecule has 3 rings (SSSR count). The third-order valence-electron chi connectivity index (χ3n) is 3.64. The highest BCUT2D eigenvalue weighted by molar-refractivity contribution is 5.92. The number of aliphatic hydroxyl groups excluding tert-OH is 1. The van der Waals surface area contributed by atoms with Crippen LogP contribution < -0.4 is 5.32 Å². The number of aryl methyl sites for hydroxylation is 1. The number of fused-ring (bicyclic) bond motifs is 1. The summed E-state index contributed by atoms with van der Waals surface area (Å²) in [5, 5.41) is 14.1. The first-order valence-corrected chi connectivity index (χ1v) is 7.08. The lowest BCUT2D eigenvalue weighted by molar-refractivity contribution is 0.0912. The van der Waals surface area contributed by atoms with E-state index in [9.17, 15) is 9.90 Å². The van der Waals surface area contributed by atoms with Crippen molar-refractivity contribution in [3.05, 3.63) is 66.1 Å². The van der Waals surface area contributed by atoms with Gasteiger partial charge in [-0.25, -0.2) is 0 Å². The molecule has 0 fully saturated rings. The zero-order valence-corrected chi connectivity index (χ0v) is 12.2. The average Bonchev–Trinajstić information content (AvgIpc) is 2.91. The molecule has 0 aliphatic carbocycles. The molecule has 2 N–H and O–H groups in total. The number of nitrogens with one attached hydrogen (secondary N) is 1. The molecule has 0 radical (unpaired) electrons. The van der Waals surface area contributed by atoms with Crippen molar-refractivity contribution >= 4 is 16.8 Å². The fraction of sp³-hybridized carbons (Fsp3) is 0.176. The van der Waals surface area contributed by atoms with Gasteiger partial charge < -0.3 is 15.0 Å². The number of hydrogen-bond acceptors (Lipinski definition) is 3. The number of amides is 1. The third-order valence-corrected chi connectivity index (χ3v) is 3.64. The molecule has 0 saturated carbocycles. The van der Waals surface area contributed by atoms with Crippen LogP contribution in [0.1, 0.15) is 22.2 Å². The minimum Gasteiger partial charge on any atom is -0.386 e. The van der Waals surface area contributed by atoms with Gasteiger partial charge in [0.15, 0.2) is 0 Å². The SMILES string of the molecule is Cn1cc(C(O)CNC(=O)c2ccccn2)c2ccccc21. The Balaban J connectivity index is 1.74. The Hall–Kier alpha value is -2.66. The van der Waals surface area contributed by atoms with E-state index in [1.165, 1.54) is 0 Å². The van der Waals surface area contributed by atoms with Gasteiger partial charge >= 0.3 is 0 Å². The fourth-order valence-corrected chi connectivity index (χ4v) is 2.53. The molecular formula is C17H17N3O2. The van der Waals surface area contributed by atoms with Crippen LogP contribution >= 0.6 is 0 Å². The van der Waals surface area contributed by atoms with Crippen LogP contribution in [0.25, 0.3) is 10.9 Å². The average molecular weight is 295 g/mol. The second-order valence-electron chi connectivity index (χ2n) is 5.15. The molecule has 1 unspecified atom stereocenters. The Labute approximate surface area is 128 Å². The van der Waals surface area contributed by atoms with Gasteiger partial charge in [-0.3, -0.25) is 9.78 Å². The maximum absolute atomic E-state index is 12.0. The minimum atomic E-state index is -0.765. The number of aromatic nitrogens is 2. The second-order valence-corrected chi connectivity index (χ2v) is 5.15. The summed E-state index contributed by atoms with van der Waals surface area (Å²) in [5.74, 6) is -0.292. The molecule has 1 amide bonds. The number of carbonyl (C=O) groups is 1. The van der Waals surface area contributed by atoms with Crippen LogP contribution in [-0.4, -0.2) is 27.1 Å². The number of pyridine rings is 1. The predicted molar refractivity (Wildman–Crippen MR) is 84.4 cm³/mol. The lowest BCUT2D eigenvalue weighted by Gasteiger charge is -2.11. The van der Waals surface area contributed by atoms with E-state index in [-0.39, 0.29) is 12.5 Å². The molecular weight excluding hydrogens is 278 g/mol. The number of rotatable bonds is 4. The lowest BCUT2D eigenvalue weighted by atomic mass is 10.1. The van der Waals surface area contributed by atoms with Crippen LogP contribution in [0.2, 0.25) is 0 Å². The van der Waals surface area contributed by atoms with Crippen molar-refractivity contribution in [2.75, 3.05) is 6.54 Å². The molecule has 0 bridgehead atoms. The van der Waals surface area contributed by atoms with Crippen LogP contribution in [0.4, 0.5) is 0 Å². The van der Waals surface area contributed by atoms with E-state index in [0.29, 0.717) is 5.69 Å². The highest BCUT2D eigenvalue weighted by Crippen LogP contribution is 2.25. The molecule has 2 heterocycles. The van der Waals surface area contributed by atoms with Gasteiger partial charge in [0, 0.05) is 42.5 Å². The fourth-order valence-electron chi connectivity index (χ4n) is 2.53. The van der Waals surface area contributed by atoms with Crippen molar-refractivity contribution in [1.82, 2.24) is 14.9 Å². The largest absolute Gasteiger partial charge is 0.386 e. The Kier molecular flexibility index (Phi) is 3.89. The molecule has 112 valence electrons. The first-order chi connectivity index (χ1) is 10.7. The monoisotopic (exact) mass is 295 g/mol. The lowest BCUT2D eigenvalue weighted by Crippen LogP contribution is -2.28. The summed E-state index contributed by atoms with van der Waals surface area (Å²) in [6.07, 6.45) is 2.69. The smallest absolute Gasteiger partial charge is 0.269 e. The van der Waals surface area contributed by atoms with E-state index in [4.69, 9.17) is 0 Å². The normalized spacial score (nSPS) is 12.3. The summed E-state index contributed by atoms with van der Waals surface area (Å²) in [6, 6.07) is 13.0. The van der Waals surface area contributed by atoms with Gasteiger partial charge in [0.2, 0.25) is 0 Å². The maximum atomic E-state index is 12.0. The van der Waals surface area contributed by atoms with Gasteiger partial charge in [0.1, 0.15) is 5.69 Å². The van der Waals surface area contributed by atoms with Gasteiger partial charge in [-0.2, -0.15) is 0 Å². The van der Waals surface area contributed by atoms with Gasteiger partial charge in [-0.05, 0) is 18.2 Å². The molecule has 0 aliphatic rings. The third kappa shape index (κ3) is 2.71. The first-order valence-electron chi connectivity index (χ1n) is 7.08. The summed E-state index contributed by atoms with van der Waals surface area (Å²) in [4.78, 5) is 15.9. The molecule has 0 aliphatic heterocycles. The summed E-state index contributed by atoms with van der Waals surface area (Å²) in [7, 11) is 1.94. The number of benzene rings is 1. The van der Waals surface area contributed by atoms with Crippen molar-refractivity contribution < 1.29 is 9.90 Å². The van der Waals surface area contributed by atoms with E-state index < -0.39 is 6.10 Å². The Morgan fingerprint density at radius 2 is 2.05 bits per heavy atom. The predicted octanol–water partition coefficient (Wildman–Crippen LogP) is 2.04. The topological polar surface area (TPSA) is 67.2 Å². The summed E-state index contributed by atoms with van der Waals surface area (Å²) >= 11 is 0. The molecule has 1 aromatic carbocycles.